The van der Waals surface area contributed by atoms with Crippen LogP contribution in [0.5, 0.6) is 0 Å². The first-order valence-electron chi connectivity index (χ1n) is 5.59. The summed E-state index contributed by atoms with van der Waals surface area (Å²) < 4.78 is 0.901. The monoisotopic (exact) mass is 261 g/mol. The van der Waals surface area contributed by atoms with Gasteiger partial charge in [-0.15, -0.1) is 0 Å². The Morgan fingerprint density at radius 3 is 2.53 bits per heavy atom. The van der Waals surface area contributed by atoms with Gasteiger partial charge in [-0.25, -0.2) is 0 Å². The van der Waals surface area contributed by atoms with E-state index in [1.165, 1.54) is 18.2 Å². The third-order valence-electron chi connectivity index (χ3n) is 1.96. The first kappa shape index (κ1) is 16.2. The summed E-state index contributed by atoms with van der Waals surface area (Å²) in [6, 6.07) is 0. The molecule has 0 aromatic heterocycles. The van der Waals surface area contributed by atoms with Crippen LogP contribution in [0.15, 0.2) is 0 Å². The van der Waals surface area contributed by atoms with Crippen LogP contribution in [0.1, 0.15) is 6.42 Å². The molecule has 0 spiro atoms. The molecule has 0 fully saturated rings. The molecule has 99 valence electrons. The molecule has 0 rings (SSSR count). The van der Waals surface area contributed by atoms with E-state index in [0.29, 0.717) is 18.1 Å². The SMILES string of the molecule is C[N+](C)(C)CCCNC(=O)CSC[CH]C(N)=O. The van der Waals surface area contributed by atoms with Gasteiger partial charge in [0.1, 0.15) is 0 Å². The van der Waals surface area contributed by atoms with Gasteiger partial charge < -0.3 is 15.5 Å². The van der Waals surface area contributed by atoms with Crippen LogP contribution in [0, 0.1) is 6.42 Å². The molecule has 0 bridgehead atoms. The summed E-state index contributed by atoms with van der Waals surface area (Å²) in [5.74, 6) is 0.422. The second-order valence-corrected chi connectivity index (χ2v) is 5.87. The number of amides is 2. The Balaban J connectivity index is 3.38. The van der Waals surface area contributed by atoms with Crippen molar-refractivity contribution in [2.75, 3.05) is 45.7 Å². The Kier molecular flexibility index (Phi) is 7.99. The average Bonchev–Trinajstić information content (AvgIpc) is 2.18. The van der Waals surface area contributed by atoms with Gasteiger partial charge in [-0.2, -0.15) is 11.8 Å². The van der Waals surface area contributed by atoms with Crippen molar-refractivity contribution >= 4 is 23.6 Å². The Morgan fingerprint density at radius 2 is 2.00 bits per heavy atom. The topological polar surface area (TPSA) is 72.2 Å². The standard InChI is InChI=1S/C11H22N3O2S/c1-14(2,3)7-4-6-13-11(16)9-17-8-5-10(12)15/h5H,4,6-9H2,1-3H3,(H2-,12,13,15,16)/p+1. The van der Waals surface area contributed by atoms with Crippen LogP contribution in [-0.2, 0) is 9.59 Å². The quantitative estimate of drug-likeness (QED) is 0.439. The van der Waals surface area contributed by atoms with Gasteiger partial charge in [0.15, 0.2) is 0 Å². The van der Waals surface area contributed by atoms with E-state index < -0.39 is 5.91 Å². The molecule has 0 saturated carbocycles. The van der Waals surface area contributed by atoms with Crippen LogP contribution in [-0.4, -0.2) is 62.0 Å². The summed E-state index contributed by atoms with van der Waals surface area (Å²) in [6.45, 7) is 1.73. The zero-order valence-electron chi connectivity index (χ0n) is 10.9. The second-order valence-electron chi connectivity index (χ2n) is 4.84. The number of primary amides is 1. The molecule has 2 amide bonds. The van der Waals surface area contributed by atoms with E-state index in [9.17, 15) is 9.59 Å². The minimum Gasteiger partial charge on any atom is -0.369 e. The molecule has 0 saturated heterocycles. The zero-order valence-corrected chi connectivity index (χ0v) is 11.7. The molecule has 0 heterocycles. The van der Waals surface area contributed by atoms with Crippen molar-refractivity contribution in [3.63, 3.8) is 0 Å². The third kappa shape index (κ3) is 13.2. The lowest BCUT2D eigenvalue weighted by Crippen LogP contribution is -2.37. The summed E-state index contributed by atoms with van der Waals surface area (Å²) in [5.41, 5.74) is 4.94. The number of thioether (sulfide) groups is 1. The molecule has 0 aliphatic heterocycles. The van der Waals surface area contributed by atoms with Crippen molar-refractivity contribution in [2.45, 2.75) is 6.42 Å². The van der Waals surface area contributed by atoms with Gasteiger partial charge in [0.25, 0.3) is 0 Å². The molecule has 3 N–H and O–H groups in total. The lowest BCUT2D eigenvalue weighted by molar-refractivity contribution is -0.870. The van der Waals surface area contributed by atoms with Crippen LogP contribution in [0.3, 0.4) is 0 Å². The van der Waals surface area contributed by atoms with Gasteiger partial charge in [-0.1, -0.05) is 0 Å². The van der Waals surface area contributed by atoms with Crippen LogP contribution >= 0.6 is 11.8 Å². The lowest BCUT2D eigenvalue weighted by Gasteiger charge is -2.23. The van der Waals surface area contributed by atoms with Gasteiger partial charge >= 0.3 is 0 Å². The van der Waals surface area contributed by atoms with Crippen molar-refractivity contribution in [1.82, 2.24) is 5.32 Å². The first-order chi connectivity index (χ1) is 7.81. The van der Waals surface area contributed by atoms with Crippen molar-refractivity contribution in [3.05, 3.63) is 6.42 Å². The molecular formula is C11H23N3O2S+. The molecule has 0 aliphatic rings. The molecule has 0 atom stereocenters. The van der Waals surface area contributed by atoms with Gasteiger partial charge in [0, 0.05) is 18.7 Å². The maximum atomic E-state index is 11.3. The highest BCUT2D eigenvalue weighted by Crippen LogP contribution is 2.00. The maximum absolute atomic E-state index is 11.3. The average molecular weight is 261 g/mol. The Hall–Kier alpha value is -0.750. The van der Waals surface area contributed by atoms with Crippen molar-refractivity contribution < 1.29 is 14.1 Å². The highest BCUT2D eigenvalue weighted by Gasteiger charge is 2.07. The van der Waals surface area contributed by atoms with Crippen LogP contribution < -0.4 is 11.1 Å². The number of hydrogen-bond acceptors (Lipinski definition) is 3. The normalized spacial score (nSPS) is 11.2. The third-order valence-corrected chi connectivity index (χ3v) is 2.83. The summed E-state index contributed by atoms with van der Waals surface area (Å²) in [7, 11) is 6.37. The number of nitrogens with one attached hydrogen (secondary N) is 1. The molecule has 6 heteroatoms. The Morgan fingerprint density at radius 1 is 1.35 bits per heavy atom. The van der Waals surface area contributed by atoms with Crippen molar-refractivity contribution in [3.8, 4) is 0 Å². The highest BCUT2D eigenvalue weighted by atomic mass is 32.2. The van der Waals surface area contributed by atoms with Gasteiger partial charge in [-0.05, 0) is 0 Å². The molecule has 0 unspecified atom stereocenters. The molecule has 5 nitrogen and oxygen atoms in total. The van der Waals surface area contributed by atoms with Crippen LogP contribution in [0.4, 0.5) is 0 Å². The van der Waals surface area contributed by atoms with E-state index in [1.807, 2.05) is 0 Å². The van der Waals surface area contributed by atoms with E-state index in [2.05, 4.69) is 26.5 Å². The van der Waals surface area contributed by atoms with E-state index >= 15 is 0 Å². The van der Waals surface area contributed by atoms with E-state index in [1.54, 1.807) is 0 Å². The number of rotatable bonds is 9. The van der Waals surface area contributed by atoms with Gasteiger partial charge in [0.2, 0.25) is 11.8 Å². The summed E-state index contributed by atoms with van der Waals surface area (Å²) in [6.07, 6.45) is 2.34. The fourth-order valence-corrected chi connectivity index (χ4v) is 1.81. The minimum absolute atomic E-state index is 0.00859. The Bertz CT molecular complexity index is 252. The summed E-state index contributed by atoms with van der Waals surface area (Å²) in [4.78, 5) is 21.7. The number of nitrogens with two attached hydrogens (primary N) is 1. The van der Waals surface area contributed by atoms with Crippen molar-refractivity contribution in [2.24, 2.45) is 5.73 Å². The number of quaternary nitrogens is 1. The molecule has 0 aliphatic carbocycles. The van der Waals surface area contributed by atoms with Crippen LogP contribution in [0.25, 0.3) is 0 Å². The summed E-state index contributed by atoms with van der Waals surface area (Å²) in [5, 5.41) is 2.84. The fourth-order valence-electron chi connectivity index (χ4n) is 1.12. The van der Waals surface area contributed by atoms with Crippen LogP contribution in [0.2, 0.25) is 0 Å². The number of nitrogens with zero attached hydrogens (tertiary/aromatic N) is 1. The second kappa shape index (κ2) is 8.36. The smallest absolute Gasteiger partial charge is 0.229 e. The zero-order chi connectivity index (χ0) is 13.3. The number of carbonyl (C=O) groups excluding carboxylic acids is 2. The molecule has 17 heavy (non-hydrogen) atoms. The number of carbonyl (C=O) groups is 2. The molecule has 1 radical (unpaired) electrons. The minimum atomic E-state index is -0.444. The first-order valence-corrected chi connectivity index (χ1v) is 6.74. The molecule has 0 aromatic carbocycles. The molecular weight excluding hydrogens is 238 g/mol. The Labute approximate surface area is 108 Å². The number of hydrogen-bond donors (Lipinski definition) is 2. The fraction of sp³-hybridized carbons (Fsp3) is 0.727. The van der Waals surface area contributed by atoms with Crippen molar-refractivity contribution in [1.29, 1.82) is 0 Å². The predicted molar refractivity (Wildman–Crippen MR) is 71.3 cm³/mol. The van der Waals surface area contributed by atoms with E-state index in [-0.39, 0.29) is 5.91 Å². The van der Waals surface area contributed by atoms with E-state index in [0.717, 1.165) is 17.4 Å². The van der Waals surface area contributed by atoms with E-state index in [4.69, 9.17) is 5.73 Å². The largest absolute Gasteiger partial charge is 0.369 e. The maximum Gasteiger partial charge on any atom is 0.229 e. The highest BCUT2D eigenvalue weighted by molar-refractivity contribution is 8.00. The lowest BCUT2D eigenvalue weighted by atomic mass is 10.3. The predicted octanol–water partition coefficient (Wildman–Crippen LogP) is -0.378. The van der Waals surface area contributed by atoms with Gasteiger partial charge in [0.05, 0.1) is 39.9 Å². The molecule has 0 aromatic rings. The summed E-state index contributed by atoms with van der Waals surface area (Å²) >= 11 is 1.38. The van der Waals surface area contributed by atoms with Gasteiger partial charge in [-0.3, -0.25) is 9.59 Å².